The summed E-state index contributed by atoms with van der Waals surface area (Å²) in [4.78, 5) is 11.7. The molecule has 0 saturated carbocycles. The lowest BCUT2D eigenvalue weighted by Gasteiger charge is -2.18. The molecule has 1 atom stereocenters. The van der Waals surface area contributed by atoms with E-state index in [-0.39, 0.29) is 24.4 Å². The Kier molecular flexibility index (Phi) is 7.61. The SMILES string of the molecule is CC(C)CC(CO)NC(=O)NCCCc1ccc(O)cc1. The fraction of sp³-hybridized carbons (Fsp3) is 0.562. The number of urea groups is 1. The van der Waals surface area contributed by atoms with Gasteiger partial charge in [-0.15, -0.1) is 0 Å². The van der Waals surface area contributed by atoms with Crippen molar-refractivity contribution >= 4 is 6.03 Å². The van der Waals surface area contributed by atoms with Gasteiger partial charge < -0.3 is 20.8 Å². The van der Waals surface area contributed by atoms with Crippen LogP contribution >= 0.6 is 0 Å². The van der Waals surface area contributed by atoms with Crippen LogP contribution in [-0.4, -0.2) is 35.4 Å². The summed E-state index contributed by atoms with van der Waals surface area (Å²) in [7, 11) is 0. The van der Waals surface area contributed by atoms with Gasteiger partial charge in [0.05, 0.1) is 12.6 Å². The number of carbonyl (C=O) groups is 1. The largest absolute Gasteiger partial charge is 0.508 e. The van der Waals surface area contributed by atoms with E-state index in [0.29, 0.717) is 12.5 Å². The summed E-state index contributed by atoms with van der Waals surface area (Å²) in [6.07, 6.45) is 2.43. The van der Waals surface area contributed by atoms with E-state index in [2.05, 4.69) is 24.5 Å². The molecular weight excluding hydrogens is 268 g/mol. The lowest BCUT2D eigenvalue weighted by Crippen LogP contribution is -2.44. The highest BCUT2D eigenvalue weighted by Crippen LogP contribution is 2.10. The van der Waals surface area contributed by atoms with Gasteiger partial charge in [-0.05, 0) is 42.9 Å². The number of phenols is 1. The zero-order chi connectivity index (χ0) is 15.7. The van der Waals surface area contributed by atoms with Gasteiger partial charge in [-0.25, -0.2) is 4.79 Å². The lowest BCUT2D eigenvalue weighted by molar-refractivity contribution is 0.207. The molecule has 1 unspecified atom stereocenters. The minimum Gasteiger partial charge on any atom is -0.508 e. The molecule has 0 radical (unpaired) electrons. The molecule has 21 heavy (non-hydrogen) atoms. The van der Waals surface area contributed by atoms with Crippen LogP contribution in [0.1, 0.15) is 32.3 Å². The number of phenolic OH excluding ortho intramolecular Hbond substituents is 1. The molecule has 1 rings (SSSR count). The molecule has 5 heteroatoms. The Balaban J connectivity index is 2.19. The number of carbonyl (C=O) groups excluding carboxylic acids is 1. The molecule has 2 amide bonds. The van der Waals surface area contributed by atoms with Crippen LogP contribution in [0.15, 0.2) is 24.3 Å². The molecule has 1 aromatic carbocycles. The van der Waals surface area contributed by atoms with E-state index in [1.165, 1.54) is 0 Å². The number of hydrogen-bond acceptors (Lipinski definition) is 3. The quantitative estimate of drug-likeness (QED) is 0.554. The normalized spacial score (nSPS) is 12.2. The number of nitrogens with one attached hydrogen (secondary N) is 2. The second kappa shape index (κ2) is 9.23. The van der Waals surface area contributed by atoms with E-state index in [4.69, 9.17) is 0 Å². The Labute approximate surface area is 126 Å². The highest BCUT2D eigenvalue weighted by molar-refractivity contribution is 5.74. The fourth-order valence-corrected chi connectivity index (χ4v) is 2.14. The molecule has 0 saturated heterocycles. The van der Waals surface area contributed by atoms with Crippen molar-refractivity contribution in [3.63, 3.8) is 0 Å². The number of aliphatic hydroxyl groups is 1. The van der Waals surface area contributed by atoms with E-state index in [0.717, 1.165) is 24.8 Å². The highest BCUT2D eigenvalue weighted by atomic mass is 16.3. The maximum Gasteiger partial charge on any atom is 0.315 e. The fourth-order valence-electron chi connectivity index (χ4n) is 2.14. The van der Waals surface area contributed by atoms with Crippen LogP contribution in [0.2, 0.25) is 0 Å². The van der Waals surface area contributed by atoms with Crippen molar-refractivity contribution in [3.8, 4) is 5.75 Å². The first-order chi connectivity index (χ1) is 10.0. The standard InChI is InChI=1S/C16H26N2O3/c1-12(2)10-14(11-19)18-16(21)17-9-3-4-13-5-7-15(20)8-6-13/h5-8,12,14,19-20H,3-4,9-11H2,1-2H3,(H2,17,18,21). The molecule has 0 heterocycles. The van der Waals surface area contributed by atoms with Crippen LogP contribution in [0.4, 0.5) is 4.79 Å². The molecule has 5 nitrogen and oxygen atoms in total. The summed E-state index contributed by atoms with van der Waals surface area (Å²) in [6.45, 7) is 4.64. The number of aryl methyl sites for hydroxylation is 1. The summed E-state index contributed by atoms with van der Waals surface area (Å²) in [5, 5.41) is 24.0. The van der Waals surface area contributed by atoms with Gasteiger partial charge in [0.1, 0.15) is 5.75 Å². The Bertz CT molecular complexity index is 418. The second-order valence-corrected chi connectivity index (χ2v) is 5.68. The summed E-state index contributed by atoms with van der Waals surface area (Å²) in [6, 6.07) is 6.64. The van der Waals surface area contributed by atoms with Gasteiger partial charge in [0.15, 0.2) is 0 Å². The van der Waals surface area contributed by atoms with Crippen LogP contribution < -0.4 is 10.6 Å². The number of aromatic hydroxyl groups is 1. The molecule has 1 aromatic rings. The monoisotopic (exact) mass is 294 g/mol. The van der Waals surface area contributed by atoms with Gasteiger partial charge in [-0.2, -0.15) is 0 Å². The van der Waals surface area contributed by atoms with E-state index in [1.807, 2.05) is 12.1 Å². The summed E-state index contributed by atoms with van der Waals surface area (Å²) in [5.41, 5.74) is 1.13. The zero-order valence-corrected chi connectivity index (χ0v) is 12.8. The van der Waals surface area contributed by atoms with Crippen LogP contribution in [0.25, 0.3) is 0 Å². The zero-order valence-electron chi connectivity index (χ0n) is 12.8. The lowest BCUT2D eigenvalue weighted by atomic mass is 10.0. The molecule has 0 bridgehead atoms. The van der Waals surface area contributed by atoms with Crippen LogP contribution in [0.5, 0.6) is 5.75 Å². The van der Waals surface area contributed by atoms with Crippen molar-refractivity contribution in [1.29, 1.82) is 0 Å². The average Bonchev–Trinajstić information content (AvgIpc) is 2.44. The third kappa shape index (κ3) is 7.56. The maximum absolute atomic E-state index is 11.7. The molecule has 0 aliphatic carbocycles. The summed E-state index contributed by atoms with van der Waals surface area (Å²) >= 11 is 0. The first kappa shape index (κ1) is 17.3. The number of benzene rings is 1. The second-order valence-electron chi connectivity index (χ2n) is 5.68. The third-order valence-corrected chi connectivity index (χ3v) is 3.18. The Morgan fingerprint density at radius 1 is 1.24 bits per heavy atom. The first-order valence-corrected chi connectivity index (χ1v) is 7.44. The molecule has 0 spiro atoms. The van der Waals surface area contributed by atoms with E-state index in [9.17, 15) is 15.0 Å². The van der Waals surface area contributed by atoms with Crippen LogP contribution in [0.3, 0.4) is 0 Å². The van der Waals surface area contributed by atoms with Gasteiger partial charge in [-0.1, -0.05) is 26.0 Å². The van der Waals surface area contributed by atoms with Crippen LogP contribution in [-0.2, 0) is 6.42 Å². The van der Waals surface area contributed by atoms with Crippen molar-refractivity contribution in [2.24, 2.45) is 5.92 Å². The third-order valence-electron chi connectivity index (χ3n) is 3.18. The van der Waals surface area contributed by atoms with Crippen molar-refractivity contribution < 1.29 is 15.0 Å². The molecule has 0 aromatic heterocycles. The minimum atomic E-state index is -0.236. The molecule has 0 fully saturated rings. The van der Waals surface area contributed by atoms with Crippen molar-refractivity contribution in [2.45, 2.75) is 39.2 Å². The topological polar surface area (TPSA) is 81.6 Å². The van der Waals surface area contributed by atoms with Crippen molar-refractivity contribution in [1.82, 2.24) is 10.6 Å². The predicted octanol–water partition coefficient (Wildman–Crippen LogP) is 2.03. The van der Waals surface area contributed by atoms with E-state index >= 15 is 0 Å². The van der Waals surface area contributed by atoms with Gasteiger partial charge in [0.25, 0.3) is 0 Å². The van der Waals surface area contributed by atoms with Gasteiger partial charge in [-0.3, -0.25) is 0 Å². The molecular formula is C16H26N2O3. The first-order valence-electron chi connectivity index (χ1n) is 7.44. The van der Waals surface area contributed by atoms with Gasteiger partial charge >= 0.3 is 6.03 Å². The smallest absolute Gasteiger partial charge is 0.315 e. The predicted molar refractivity (Wildman–Crippen MR) is 83.3 cm³/mol. The highest BCUT2D eigenvalue weighted by Gasteiger charge is 2.12. The molecule has 118 valence electrons. The number of rotatable bonds is 8. The number of amides is 2. The number of hydrogen-bond donors (Lipinski definition) is 4. The van der Waals surface area contributed by atoms with Gasteiger partial charge in [0, 0.05) is 6.54 Å². The molecule has 0 aliphatic rings. The minimum absolute atomic E-state index is 0.0426. The Morgan fingerprint density at radius 3 is 2.48 bits per heavy atom. The van der Waals surface area contributed by atoms with Crippen molar-refractivity contribution in [3.05, 3.63) is 29.8 Å². The van der Waals surface area contributed by atoms with E-state index in [1.54, 1.807) is 12.1 Å². The Hall–Kier alpha value is -1.75. The molecule has 4 N–H and O–H groups in total. The summed E-state index contributed by atoms with van der Waals surface area (Å²) < 4.78 is 0. The summed E-state index contributed by atoms with van der Waals surface area (Å²) in [5.74, 6) is 0.688. The van der Waals surface area contributed by atoms with E-state index < -0.39 is 0 Å². The van der Waals surface area contributed by atoms with Crippen LogP contribution in [0, 0.1) is 5.92 Å². The Morgan fingerprint density at radius 2 is 1.90 bits per heavy atom. The number of aliphatic hydroxyl groups excluding tert-OH is 1. The van der Waals surface area contributed by atoms with Crippen molar-refractivity contribution in [2.75, 3.05) is 13.2 Å². The average molecular weight is 294 g/mol. The molecule has 0 aliphatic heterocycles. The maximum atomic E-state index is 11.7. The van der Waals surface area contributed by atoms with Gasteiger partial charge in [0.2, 0.25) is 0 Å².